The summed E-state index contributed by atoms with van der Waals surface area (Å²) in [6.07, 6.45) is 5.29. The minimum atomic E-state index is 0.480. The molecule has 16 heavy (non-hydrogen) atoms. The van der Waals surface area contributed by atoms with E-state index in [0.29, 0.717) is 6.61 Å². The van der Waals surface area contributed by atoms with Gasteiger partial charge in [-0.05, 0) is 26.0 Å². The summed E-state index contributed by atoms with van der Waals surface area (Å²) < 4.78 is 7.74. The Balaban J connectivity index is 2.05. The fourth-order valence-electron chi connectivity index (χ4n) is 1.64. The van der Waals surface area contributed by atoms with Crippen molar-refractivity contribution in [3.8, 4) is 5.75 Å². The molecule has 0 amide bonds. The second-order valence-corrected chi connectivity index (χ2v) is 3.54. The van der Waals surface area contributed by atoms with Crippen molar-refractivity contribution in [1.29, 1.82) is 0 Å². The van der Waals surface area contributed by atoms with E-state index in [9.17, 15) is 0 Å². The summed E-state index contributed by atoms with van der Waals surface area (Å²) in [5.41, 5.74) is 1.16. The Hall–Kier alpha value is -1.84. The molecular weight excluding hydrogens is 202 g/mol. The van der Waals surface area contributed by atoms with Crippen LogP contribution < -0.4 is 4.74 Å². The van der Waals surface area contributed by atoms with Crippen LogP contribution in [0.5, 0.6) is 5.75 Å². The van der Waals surface area contributed by atoms with Gasteiger partial charge in [0.25, 0.3) is 0 Å². The van der Waals surface area contributed by atoms with Crippen molar-refractivity contribution in [2.24, 2.45) is 0 Å². The summed E-state index contributed by atoms with van der Waals surface area (Å²) in [4.78, 5) is 8.31. The minimum Gasteiger partial charge on any atom is -0.484 e. The predicted octanol–water partition coefficient (Wildman–Crippen LogP) is 2.19. The van der Waals surface area contributed by atoms with Gasteiger partial charge >= 0.3 is 0 Å². The SMILES string of the molecule is CCn1c(C)cnc1COc1cccnc1. The highest BCUT2D eigenvalue weighted by atomic mass is 16.5. The summed E-state index contributed by atoms with van der Waals surface area (Å²) in [5, 5.41) is 0. The Morgan fingerprint density at radius 3 is 2.94 bits per heavy atom. The second-order valence-electron chi connectivity index (χ2n) is 3.54. The molecule has 0 bridgehead atoms. The van der Waals surface area contributed by atoms with E-state index >= 15 is 0 Å². The van der Waals surface area contributed by atoms with Crippen molar-refractivity contribution < 1.29 is 4.74 Å². The molecule has 0 radical (unpaired) electrons. The first-order valence-electron chi connectivity index (χ1n) is 5.35. The summed E-state index contributed by atoms with van der Waals surface area (Å²) in [6, 6.07) is 3.74. The molecule has 0 saturated heterocycles. The van der Waals surface area contributed by atoms with Gasteiger partial charge in [0.1, 0.15) is 18.2 Å². The lowest BCUT2D eigenvalue weighted by molar-refractivity contribution is 0.288. The molecular formula is C12H15N3O. The van der Waals surface area contributed by atoms with Crippen LogP contribution in [0.15, 0.2) is 30.7 Å². The first-order chi connectivity index (χ1) is 7.81. The molecule has 2 aromatic rings. The Morgan fingerprint density at radius 2 is 2.25 bits per heavy atom. The number of rotatable bonds is 4. The van der Waals surface area contributed by atoms with Crippen molar-refractivity contribution in [1.82, 2.24) is 14.5 Å². The molecule has 4 heteroatoms. The Labute approximate surface area is 94.9 Å². The zero-order valence-electron chi connectivity index (χ0n) is 9.55. The van der Waals surface area contributed by atoms with E-state index in [1.165, 1.54) is 0 Å². The fraction of sp³-hybridized carbons (Fsp3) is 0.333. The molecule has 0 spiro atoms. The normalized spacial score (nSPS) is 10.4. The van der Waals surface area contributed by atoms with Crippen LogP contribution in [0.3, 0.4) is 0 Å². The van der Waals surface area contributed by atoms with Crippen LogP contribution in [0, 0.1) is 6.92 Å². The number of ether oxygens (including phenoxy) is 1. The van der Waals surface area contributed by atoms with Crippen molar-refractivity contribution in [2.75, 3.05) is 0 Å². The zero-order valence-corrected chi connectivity index (χ0v) is 9.55. The van der Waals surface area contributed by atoms with Gasteiger partial charge in [-0.3, -0.25) is 4.98 Å². The zero-order chi connectivity index (χ0) is 11.4. The molecule has 0 aliphatic carbocycles. The van der Waals surface area contributed by atoms with Crippen molar-refractivity contribution in [2.45, 2.75) is 27.0 Å². The summed E-state index contributed by atoms with van der Waals surface area (Å²) in [7, 11) is 0. The number of aromatic nitrogens is 3. The van der Waals surface area contributed by atoms with Crippen molar-refractivity contribution in [3.05, 3.63) is 42.2 Å². The number of nitrogens with zero attached hydrogens (tertiary/aromatic N) is 3. The molecule has 0 atom stereocenters. The van der Waals surface area contributed by atoms with Crippen LogP contribution in [-0.4, -0.2) is 14.5 Å². The number of pyridine rings is 1. The van der Waals surface area contributed by atoms with Crippen LogP contribution >= 0.6 is 0 Å². The molecule has 0 unspecified atom stereocenters. The van der Waals surface area contributed by atoms with Gasteiger partial charge in [-0.25, -0.2) is 4.98 Å². The lowest BCUT2D eigenvalue weighted by atomic mass is 10.4. The molecule has 0 N–H and O–H groups in total. The molecule has 84 valence electrons. The highest BCUT2D eigenvalue weighted by Crippen LogP contribution is 2.10. The van der Waals surface area contributed by atoms with Crippen LogP contribution in [0.2, 0.25) is 0 Å². The predicted molar refractivity (Wildman–Crippen MR) is 61.2 cm³/mol. The van der Waals surface area contributed by atoms with Gasteiger partial charge < -0.3 is 9.30 Å². The average molecular weight is 217 g/mol. The van der Waals surface area contributed by atoms with E-state index in [1.807, 2.05) is 25.3 Å². The van der Waals surface area contributed by atoms with E-state index < -0.39 is 0 Å². The quantitative estimate of drug-likeness (QED) is 0.788. The van der Waals surface area contributed by atoms with Gasteiger partial charge in [0.05, 0.1) is 6.20 Å². The maximum Gasteiger partial charge on any atom is 0.146 e. The fourth-order valence-corrected chi connectivity index (χ4v) is 1.64. The van der Waals surface area contributed by atoms with Crippen LogP contribution in [0.25, 0.3) is 0 Å². The van der Waals surface area contributed by atoms with Gasteiger partial charge in [0.2, 0.25) is 0 Å². The molecule has 2 aromatic heterocycles. The molecule has 0 saturated carbocycles. The Kier molecular flexibility index (Phi) is 3.19. The molecule has 0 aliphatic rings. The highest BCUT2D eigenvalue weighted by Gasteiger charge is 2.05. The topological polar surface area (TPSA) is 39.9 Å². The van der Waals surface area contributed by atoms with Gasteiger partial charge in [-0.2, -0.15) is 0 Å². The van der Waals surface area contributed by atoms with Crippen LogP contribution in [-0.2, 0) is 13.2 Å². The lowest BCUT2D eigenvalue weighted by Gasteiger charge is -2.08. The maximum atomic E-state index is 5.60. The molecule has 2 heterocycles. The van der Waals surface area contributed by atoms with Crippen molar-refractivity contribution in [3.63, 3.8) is 0 Å². The maximum absolute atomic E-state index is 5.60. The Morgan fingerprint density at radius 1 is 1.38 bits per heavy atom. The van der Waals surface area contributed by atoms with Gasteiger partial charge in [0.15, 0.2) is 0 Å². The largest absolute Gasteiger partial charge is 0.484 e. The third-order valence-corrected chi connectivity index (χ3v) is 2.46. The summed E-state index contributed by atoms with van der Waals surface area (Å²) in [5.74, 6) is 1.72. The second kappa shape index (κ2) is 4.79. The van der Waals surface area contributed by atoms with E-state index in [1.54, 1.807) is 12.4 Å². The van der Waals surface area contributed by atoms with Gasteiger partial charge in [-0.15, -0.1) is 0 Å². The summed E-state index contributed by atoms with van der Waals surface area (Å²) >= 11 is 0. The molecule has 0 fully saturated rings. The third kappa shape index (κ3) is 2.21. The number of hydrogen-bond acceptors (Lipinski definition) is 3. The standard InChI is InChI=1S/C12H15N3O/c1-3-15-10(2)7-14-12(15)9-16-11-5-4-6-13-8-11/h4-8H,3,9H2,1-2H3. The number of imidazole rings is 1. The molecule has 2 rings (SSSR count). The molecule has 4 nitrogen and oxygen atoms in total. The number of aryl methyl sites for hydroxylation is 1. The van der Waals surface area contributed by atoms with E-state index in [4.69, 9.17) is 4.74 Å². The average Bonchev–Trinajstić information content (AvgIpc) is 2.68. The van der Waals surface area contributed by atoms with E-state index in [0.717, 1.165) is 23.8 Å². The smallest absolute Gasteiger partial charge is 0.146 e. The monoisotopic (exact) mass is 217 g/mol. The molecule has 0 aliphatic heterocycles. The van der Waals surface area contributed by atoms with Crippen molar-refractivity contribution >= 4 is 0 Å². The number of hydrogen-bond donors (Lipinski definition) is 0. The highest BCUT2D eigenvalue weighted by molar-refractivity contribution is 5.15. The van der Waals surface area contributed by atoms with Crippen LogP contribution in [0.4, 0.5) is 0 Å². The minimum absolute atomic E-state index is 0.480. The first-order valence-corrected chi connectivity index (χ1v) is 5.35. The lowest BCUT2D eigenvalue weighted by Crippen LogP contribution is -2.07. The van der Waals surface area contributed by atoms with Gasteiger partial charge in [-0.1, -0.05) is 0 Å². The van der Waals surface area contributed by atoms with E-state index in [-0.39, 0.29) is 0 Å². The first kappa shape index (κ1) is 10.7. The summed E-state index contributed by atoms with van der Waals surface area (Å²) in [6.45, 7) is 5.54. The van der Waals surface area contributed by atoms with Crippen LogP contribution in [0.1, 0.15) is 18.4 Å². The van der Waals surface area contributed by atoms with Gasteiger partial charge in [0, 0.05) is 24.6 Å². The molecule has 0 aromatic carbocycles. The third-order valence-electron chi connectivity index (χ3n) is 2.46. The van der Waals surface area contributed by atoms with E-state index in [2.05, 4.69) is 21.5 Å². The Bertz CT molecular complexity index is 451.